The van der Waals surface area contributed by atoms with E-state index < -0.39 is 22.5 Å². The predicted molar refractivity (Wildman–Crippen MR) is 63.1 cm³/mol. The van der Waals surface area contributed by atoms with Crippen molar-refractivity contribution in [3.05, 3.63) is 29.8 Å². The summed E-state index contributed by atoms with van der Waals surface area (Å²) >= 11 is 3.08. The number of carbonyl (C=O) groups excluding carboxylic acids is 1. The first-order valence-corrected chi connectivity index (χ1v) is 5.89. The standard InChI is InChI=1S/C11H11BrF3NO/c1-2-8(12)10(17)16-9-6-4-3-5-7(9)11(13,14)15/h3-6,8H,2H2,1H3,(H,16,17). The molecule has 6 heteroatoms. The number of nitrogens with one attached hydrogen (secondary N) is 1. The van der Waals surface area contributed by atoms with Crippen LogP contribution in [0.1, 0.15) is 18.9 Å². The lowest BCUT2D eigenvalue weighted by Gasteiger charge is -2.14. The van der Waals surface area contributed by atoms with Crippen LogP contribution in [0, 0.1) is 0 Å². The number of halogens is 4. The molecule has 0 saturated heterocycles. The van der Waals surface area contributed by atoms with Gasteiger partial charge in [0.25, 0.3) is 0 Å². The van der Waals surface area contributed by atoms with Gasteiger partial charge >= 0.3 is 6.18 Å². The minimum Gasteiger partial charge on any atom is -0.325 e. The summed E-state index contributed by atoms with van der Waals surface area (Å²) < 4.78 is 37.9. The van der Waals surface area contributed by atoms with Crippen molar-refractivity contribution in [3.8, 4) is 0 Å². The van der Waals surface area contributed by atoms with Gasteiger partial charge in [-0.1, -0.05) is 35.0 Å². The molecule has 0 fully saturated rings. The maximum absolute atomic E-state index is 12.6. The molecule has 1 aromatic rings. The lowest BCUT2D eigenvalue weighted by atomic mass is 10.1. The Morgan fingerprint density at radius 1 is 1.41 bits per heavy atom. The number of anilines is 1. The maximum atomic E-state index is 12.6. The largest absolute Gasteiger partial charge is 0.418 e. The number of alkyl halides is 4. The second-order valence-electron chi connectivity index (χ2n) is 3.41. The zero-order valence-electron chi connectivity index (χ0n) is 9.01. The zero-order valence-corrected chi connectivity index (χ0v) is 10.6. The highest BCUT2D eigenvalue weighted by Crippen LogP contribution is 2.34. The number of para-hydroxylation sites is 1. The monoisotopic (exact) mass is 309 g/mol. The Labute approximate surface area is 105 Å². The van der Waals surface area contributed by atoms with Crippen LogP contribution in [0.4, 0.5) is 18.9 Å². The van der Waals surface area contributed by atoms with Gasteiger partial charge in [0.05, 0.1) is 16.1 Å². The molecule has 0 spiro atoms. The Morgan fingerprint density at radius 3 is 2.53 bits per heavy atom. The van der Waals surface area contributed by atoms with Gasteiger partial charge in [-0.2, -0.15) is 13.2 Å². The first-order chi connectivity index (χ1) is 7.86. The number of hydrogen-bond acceptors (Lipinski definition) is 1. The normalized spacial score (nSPS) is 13.2. The molecule has 0 heterocycles. The predicted octanol–water partition coefficient (Wildman–Crippen LogP) is 3.82. The Kier molecular flexibility index (Phi) is 4.56. The summed E-state index contributed by atoms with van der Waals surface area (Å²) in [5, 5.41) is 2.26. The van der Waals surface area contributed by atoms with Gasteiger partial charge in [0, 0.05) is 0 Å². The summed E-state index contributed by atoms with van der Waals surface area (Å²) in [5.41, 5.74) is -1.06. The highest BCUT2D eigenvalue weighted by Gasteiger charge is 2.33. The van der Waals surface area contributed by atoms with Crippen LogP contribution in [0.25, 0.3) is 0 Å². The molecule has 0 aliphatic carbocycles. The number of amides is 1. The molecule has 1 N–H and O–H groups in total. The third kappa shape index (κ3) is 3.73. The number of hydrogen-bond donors (Lipinski definition) is 1. The first-order valence-electron chi connectivity index (χ1n) is 4.97. The van der Waals surface area contributed by atoms with E-state index in [0.717, 1.165) is 6.07 Å². The summed E-state index contributed by atoms with van der Waals surface area (Å²) in [6.45, 7) is 1.76. The summed E-state index contributed by atoms with van der Waals surface area (Å²) in [6, 6.07) is 4.89. The van der Waals surface area contributed by atoms with Crippen LogP contribution >= 0.6 is 15.9 Å². The molecule has 1 atom stereocenters. The van der Waals surface area contributed by atoms with E-state index in [1.807, 2.05) is 0 Å². The third-order valence-corrected chi connectivity index (χ3v) is 3.20. The fourth-order valence-electron chi connectivity index (χ4n) is 1.24. The fraction of sp³-hybridized carbons (Fsp3) is 0.364. The van der Waals surface area contributed by atoms with Crippen LogP contribution in [-0.2, 0) is 11.0 Å². The molecule has 2 nitrogen and oxygen atoms in total. The Balaban J connectivity index is 2.96. The van der Waals surface area contributed by atoms with Crippen LogP contribution in [0.3, 0.4) is 0 Å². The molecule has 0 aromatic heterocycles. The van der Waals surface area contributed by atoms with E-state index in [2.05, 4.69) is 21.2 Å². The third-order valence-electron chi connectivity index (χ3n) is 2.13. The summed E-state index contributed by atoms with van der Waals surface area (Å²) in [5.74, 6) is -0.482. The van der Waals surface area contributed by atoms with E-state index in [-0.39, 0.29) is 5.69 Å². The summed E-state index contributed by atoms with van der Waals surface area (Å²) in [6.07, 6.45) is -3.97. The van der Waals surface area contributed by atoms with Gasteiger partial charge in [0.2, 0.25) is 5.91 Å². The van der Waals surface area contributed by atoms with Crippen molar-refractivity contribution in [1.29, 1.82) is 0 Å². The molecule has 0 bridgehead atoms. The van der Waals surface area contributed by atoms with Gasteiger partial charge < -0.3 is 5.32 Å². The smallest absolute Gasteiger partial charge is 0.325 e. The van der Waals surface area contributed by atoms with Gasteiger partial charge in [-0.3, -0.25) is 4.79 Å². The molecule has 17 heavy (non-hydrogen) atoms. The molecule has 1 unspecified atom stereocenters. The number of benzene rings is 1. The molecule has 0 saturated carbocycles. The first kappa shape index (κ1) is 14.0. The molecular formula is C11H11BrF3NO. The van der Waals surface area contributed by atoms with Gasteiger partial charge in [-0.05, 0) is 18.6 Å². The Hall–Kier alpha value is -1.04. The topological polar surface area (TPSA) is 29.1 Å². The lowest BCUT2D eigenvalue weighted by Crippen LogP contribution is -2.23. The van der Waals surface area contributed by atoms with E-state index in [0.29, 0.717) is 6.42 Å². The van der Waals surface area contributed by atoms with Crippen molar-refractivity contribution in [2.24, 2.45) is 0 Å². The average Bonchev–Trinajstić information content (AvgIpc) is 2.27. The minimum atomic E-state index is -4.47. The quantitative estimate of drug-likeness (QED) is 0.845. The van der Waals surface area contributed by atoms with E-state index in [4.69, 9.17) is 0 Å². The Morgan fingerprint density at radius 2 is 2.00 bits per heavy atom. The van der Waals surface area contributed by atoms with Crippen molar-refractivity contribution < 1.29 is 18.0 Å². The Bertz CT molecular complexity index is 406. The lowest BCUT2D eigenvalue weighted by molar-refractivity contribution is -0.137. The van der Waals surface area contributed by atoms with Gasteiger partial charge in [-0.25, -0.2) is 0 Å². The van der Waals surface area contributed by atoms with Crippen LogP contribution < -0.4 is 5.32 Å². The van der Waals surface area contributed by atoms with Gasteiger partial charge in [0.15, 0.2) is 0 Å². The molecular weight excluding hydrogens is 299 g/mol. The molecule has 0 aliphatic heterocycles. The number of rotatable bonds is 3. The van der Waals surface area contributed by atoms with Crippen molar-refractivity contribution in [2.45, 2.75) is 24.3 Å². The molecule has 1 amide bonds. The van der Waals surface area contributed by atoms with Crippen molar-refractivity contribution in [3.63, 3.8) is 0 Å². The second-order valence-corrected chi connectivity index (χ2v) is 4.51. The van der Waals surface area contributed by atoms with E-state index >= 15 is 0 Å². The molecule has 0 radical (unpaired) electrons. The fourth-order valence-corrected chi connectivity index (χ4v) is 1.35. The van der Waals surface area contributed by atoms with Crippen molar-refractivity contribution >= 4 is 27.5 Å². The average molecular weight is 310 g/mol. The van der Waals surface area contributed by atoms with Gasteiger partial charge in [0.1, 0.15) is 0 Å². The minimum absolute atomic E-state index is 0.220. The molecule has 94 valence electrons. The van der Waals surface area contributed by atoms with Crippen molar-refractivity contribution in [2.75, 3.05) is 5.32 Å². The summed E-state index contributed by atoms with van der Waals surface area (Å²) in [4.78, 5) is 11.0. The van der Waals surface area contributed by atoms with Gasteiger partial charge in [-0.15, -0.1) is 0 Å². The van der Waals surface area contributed by atoms with E-state index in [9.17, 15) is 18.0 Å². The SMILES string of the molecule is CCC(Br)C(=O)Nc1ccccc1C(F)(F)F. The molecule has 0 aliphatic rings. The van der Waals surface area contributed by atoms with E-state index in [1.165, 1.54) is 18.2 Å². The van der Waals surface area contributed by atoms with Crippen LogP contribution in [-0.4, -0.2) is 10.7 Å². The van der Waals surface area contributed by atoms with Crippen LogP contribution in [0.2, 0.25) is 0 Å². The second kappa shape index (κ2) is 5.53. The van der Waals surface area contributed by atoms with E-state index in [1.54, 1.807) is 6.92 Å². The molecule has 1 rings (SSSR count). The van der Waals surface area contributed by atoms with Crippen LogP contribution in [0.5, 0.6) is 0 Å². The highest BCUT2D eigenvalue weighted by atomic mass is 79.9. The van der Waals surface area contributed by atoms with Crippen molar-refractivity contribution in [1.82, 2.24) is 0 Å². The number of carbonyl (C=O) groups is 1. The molecule has 1 aromatic carbocycles. The summed E-state index contributed by atoms with van der Waals surface area (Å²) in [7, 11) is 0. The maximum Gasteiger partial charge on any atom is 0.418 e. The van der Waals surface area contributed by atoms with Crippen LogP contribution in [0.15, 0.2) is 24.3 Å². The highest BCUT2D eigenvalue weighted by molar-refractivity contribution is 9.10. The zero-order chi connectivity index (χ0) is 13.1.